The maximum Gasteiger partial charge on any atom is 0.229 e. The highest BCUT2D eigenvalue weighted by Crippen LogP contribution is 2.40. The van der Waals surface area contributed by atoms with E-state index in [1.807, 2.05) is 20.9 Å². The minimum absolute atomic E-state index is 0.427. The molecule has 0 aliphatic carbocycles. The maximum atomic E-state index is 5.38. The van der Waals surface area contributed by atoms with E-state index in [0.717, 1.165) is 17.1 Å². The fourth-order valence-corrected chi connectivity index (χ4v) is 2.83. The smallest absolute Gasteiger partial charge is 0.229 e. The Morgan fingerprint density at radius 2 is 1.64 bits per heavy atom. The molecule has 9 heteroatoms. The number of hydrogen-bond acceptors (Lipinski definition) is 8. The lowest BCUT2D eigenvalue weighted by Crippen LogP contribution is -2.04. The van der Waals surface area contributed by atoms with Crippen molar-refractivity contribution in [3.63, 3.8) is 0 Å². The number of aromatic nitrogens is 4. The van der Waals surface area contributed by atoms with Crippen LogP contribution in [0.4, 0.5) is 23.3 Å². The Bertz CT molecular complexity index is 961. The molecule has 2 N–H and O–H groups in total. The number of nitrogens with zero attached hydrogens (tertiary/aromatic N) is 4. The molecule has 0 aliphatic heterocycles. The first-order valence-corrected chi connectivity index (χ1v) is 8.64. The van der Waals surface area contributed by atoms with Crippen molar-refractivity contribution >= 4 is 23.3 Å². The van der Waals surface area contributed by atoms with E-state index in [2.05, 4.69) is 25.7 Å². The molecule has 0 spiro atoms. The summed E-state index contributed by atoms with van der Waals surface area (Å²) in [6.07, 6.45) is 1.67. The summed E-state index contributed by atoms with van der Waals surface area (Å²) in [5.74, 6) is 3.56. The summed E-state index contributed by atoms with van der Waals surface area (Å²) in [5.41, 5.74) is 2.74. The van der Waals surface area contributed by atoms with Crippen LogP contribution in [0.1, 0.15) is 11.3 Å². The van der Waals surface area contributed by atoms with Gasteiger partial charge < -0.3 is 24.8 Å². The number of nitrogens with one attached hydrogen (secondary N) is 2. The largest absolute Gasteiger partial charge is 0.493 e. The van der Waals surface area contributed by atoms with Gasteiger partial charge in [-0.25, -0.2) is 4.98 Å². The molecule has 0 unspecified atom stereocenters. The van der Waals surface area contributed by atoms with Crippen LogP contribution >= 0.6 is 0 Å². The molecule has 0 fully saturated rings. The van der Waals surface area contributed by atoms with Gasteiger partial charge in [0.15, 0.2) is 11.5 Å². The molecule has 3 aromatic rings. The molecule has 0 saturated carbocycles. The lowest BCUT2D eigenvalue weighted by molar-refractivity contribution is 0.324. The highest BCUT2D eigenvalue weighted by molar-refractivity contribution is 5.66. The van der Waals surface area contributed by atoms with Gasteiger partial charge in [0.25, 0.3) is 0 Å². The Labute approximate surface area is 163 Å². The van der Waals surface area contributed by atoms with Crippen LogP contribution in [0.2, 0.25) is 0 Å². The van der Waals surface area contributed by atoms with Crippen LogP contribution in [0.5, 0.6) is 17.2 Å². The molecule has 0 amide bonds. The van der Waals surface area contributed by atoms with Crippen LogP contribution in [-0.2, 0) is 7.05 Å². The topological polar surface area (TPSA) is 95.4 Å². The predicted octanol–water partition coefficient (Wildman–Crippen LogP) is 3.34. The van der Waals surface area contributed by atoms with Crippen LogP contribution in [-0.4, -0.2) is 41.1 Å². The number of rotatable bonds is 7. The number of benzene rings is 1. The lowest BCUT2D eigenvalue weighted by atomic mass is 10.2. The van der Waals surface area contributed by atoms with E-state index < -0.39 is 0 Å². The van der Waals surface area contributed by atoms with E-state index in [9.17, 15) is 0 Å². The average molecular weight is 384 g/mol. The van der Waals surface area contributed by atoms with Crippen LogP contribution in [0.15, 0.2) is 24.4 Å². The zero-order chi connectivity index (χ0) is 20.3. The second-order valence-electron chi connectivity index (χ2n) is 6.11. The summed E-state index contributed by atoms with van der Waals surface area (Å²) in [6, 6.07) is 5.38. The van der Waals surface area contributed by atoms with Gasteiger partial charge in [0.1, 0.15) is 11.6 Å². The maximum absolute atomic E-state index is 5.38. The van der Waals surface area contributed by atoms with E-state index in [1.54, 1.807) is 50.4 Å². The van der Waals surface area contributed by atoms with E-state index in [-0.39, 0.29) is 0 Å². The summed E-state index contributed by atoms with van der Waals surface area (Å²) in [6.45, 7) is 3.98. The number of hydrogen-bond donors (Lipinski definition) is 2. The Morgan fingerprint density at radius 3 is 2.18 bits per heavy atom. The van der Waals surface area contributed by atoms with E-state index in [0.29, 0.717) is 34.7 Å². The van der Waals surface area contributed by atoms with Crippen LogP contribution in [0.3, 0.4) is 0 Å². The number of methoxy groups -OCH3 is 3. The monoisotopic (exact) mass is 384 g/mol. The van der Waals surface area contributed by atoms with Crippen molar-refractivity contribution in [2.24, 2.45) is 7.05 Å². The summed E-state index contributed by atoms with van der Waals surface area (Å²) >= 11 is 0. The van der Waals surface area contributed by atoms with Gasteiger partial charge in [-0.15, -0.1) is 0 Å². The van der Waals surface area contributed by atoms with Crippen molar-refractivity contribution in [2.75, 3.05) is 32.0 Å². The first kappa shape index (κ1) is 19.3. The Balaban J connectivity index is 1.87. The molecule has 1 aromatic carbocycles. The lowest BCUT2D eigenvalue weighted by Gasteiger charge is -2.15. The standard InChI is InChI=1S/C19H24N6O3/c1-11-12(2)24-25(3)18(11)22-16-7-8-20-19(23-16)21-13-9-14(26-4)17(28-6)15(10-13)27-5/h7-10H,1-6H3,(H2,20,21,22,23). The van der Waals surface area contributed by atoms with Crippen molar-refractivity contribution in [3.8, 4) is 17.2 Å². The molecule has 0 bridgehead atoms. The number of ether oxygens (including phenoxy) is 3. The minimum Gasteiger partial charge on any atom is -0.493 e. The molecule has 0 radical (unpaired) electrons. The van der Waals surface area contributed by atoms with Gasteiger partial charge in [0.2, 0.25) is 11.7 Å². The normalized spacial score (nSPS) is 10.5. The van der Waals surface area contributed by atoms with Crippen LogP contribution < -0.4 is 24.8 Å². The van der Waals surface area contributed by atoms with Gasteiger partial charge in [-0.05, 0) is 19.9 Å². The molecule has 9 nitrogen and oxygen atoms in total. The molecule has 148 valence electrons. The third-order valence-corrected chi connectivity index (χ3v) is 4.34. The molecular weight excluding hydrogens is 360 g/mol. The van der Waals surface area contributed by atoms with Gasteiger partial charge in [0, 0.05) is 36.6 Å². The van der Waals surface area contributed by atoms with Crippen LogP contribution in [0.25, 0.3) is 0 Å². The zero-order valence-electron chi connectivity index (χ0n) is 16.8. The van der Waals surface area contributed by atoms with Gasteiger partial charge in [-0.2, -0.15) is 10.1 Å². The summed E-state index contributed by atoms with van der Waals surface area (Å²) in [5, 5.41) is 10.9. The van der Waals surface area contributed by atoms with E-state index in [1.165, 1.54) is 0 Å². The first-order chi connectivity index (χ1) is 13.5. The van der Waals surface area contributed by atoms with Crippen LogP contribution in [0, 0.1) is 13.8 Å². The molecule has 3 rings (SSSR count). The van der Waals surface area contributed by atoms with Crippen molar-refractivity contribution in [1.82, 2.24) is 19.7 Å². The van der Waals surface area contributed by atoms with E-state index >= 15 is 0 Å². The average Bonchev–Trinajstić information content (AvgIpc) is 2.93. The molecular formula is C19H24N6O3. The fourth-order valence-electron chi connectivity index (χ4n) is 2.83. The van der Waals surface area contributed by atoms with E-state index in [4.69, 9.17) is 14.2 Å². The minimum atomic E-state index is 0.427. The van der Waals surface area contributed by atoms with Gasteiger partial charge in [-0.1, -0.05) is 0 Å². The van der Waals surface area contributed by atoms with Crippen molar-refractivity contribution in [3.05, 3.63) is 35.7 Å². The Morgan fingerprint density at radius 1 is 0.964 bits per heavy atom. The predicted molar refractivity (Wildman–Crippen MR) is 107 cm³/mol. The van der Waals surface area contributed by atoms with Gasteiger partial charge >= 0.3 is 0 Å². The Kier molecular flexibility index (Phi) is 5.53. The second kappa shape index (κ2) is 8.03. The first-order valence-electron chi connectivity index (χ1n) is 8.64. The summed E-state index contributed by atoms with van der Waals surface area (Å²) in [4.78, 5) is 8.80. The molecule has 0 saturated heterocycles. The number of anilines is 4. The summed E-state index contributed by atoms with van der Waals surface area (Å²) < 4.78 is 17.9. The van der Waals surface area contributed by atoms with Gasteiger partial charge in [-0.3, -0.25) is 4.68 Å². The second-order valence-corrected chi connectivity index (χ2v) is 6.11. The fraction of sp³-hybridized carbons (Fsp3) is 0.316. The molecule has 28 heavy (non-hydrogen) atoms. The SMILES string of the molecule is COc1cc(Nc2nccc(Nc3c(C)c(C)nn3C)n2)cc(OC)c1OC. The van der Waals surface area contributed by atoms with Gasteiger partial charge in [0.05, 0.1) is 27.0 Å². The number of aryl methyl sites for hydroxylation is 2. The zero-order valence-corrected chi connectivity index (χ0v) is 16.8. The highest BCUT2D eigenvalue weighted by atomic mass is 16.5. The molecule has 2 aromatic heterocycles. The molecule has 2 heterocycles. The van der Waals surface area contributed by atoms with Crippen molar-refractivity contribution < 1.29 is 14.2 Å². The molecule has 0 aliphatic rings. The Hall–Kier alpha value is -3.49. The third kappa shape index (κ3) is 3.78. The van der Waals surface area contributed by atoms with Crippen molar-refractivity contribution in [1.29, 1.82) is 0 Å². The third-order valence-electron chi connectivity index (χ3n) is 4.34. The molecule has 0 atom stereocenters. The van der Waals surface area contributed by atoms with Crippen molar-refractivity contribution in [2.45, 2.75) is 13.8 Å². The highest BCUT2D eigenvalue weighted by Gasteiger charge is 2.14. The summed E-state index contributed by atoms with van der Waals surface area (Å²) in [7, 11) is 6.59. The quantitative estimate of drug-likeness (QED) is 0.640.